The molecule has 0 saturated carbocycles. The first-order chi connectivity index (χ1) is 9.92. The Morgan fingerprint density at radius 1 is 1.19 bits per heavy atom. The molecule has 0 aliphatic heterocycles. The summed E-state index contributed by atoms with van der Waals surface area (Å²) in [4.78, 5) is 4.21. The van der Waals surface area contributed by atoms with Crippen molar-refractivity contribution >= 4 is 22.6 Å². The fourth-order valence-corrected chi connectivity index (χ4v) is 2.45. The summed E-state index contributed by atoms with van der Waals surface area (Å²) in [6.07, 6.45) is -4.09. The van der Waals surface area contributed by atoms with Crippen LogP contribution in [-0.2, 0) is 13.0 Å². The number of hydrogen-bond acceptors (Lipinski definition) is 1. The van der Waals surface area contributed by atoms with Crippen molar-refractivity contribution in [1.82, 2.24) is 9.55 Å². The van der Waals surface area contributed by atoms with Gasteiger partial charge < -0.3 is 4.57 Å². The number of halogens is 5. The van der Waals surface area contributed by atoms with Crippen LogP contribution in [0.2, 0.25) is 0 Å². The zero-order valence-electron chi connectivity index (χ0n) is 11.3. The normalized spacial score (nSPS) is 12.2. The van der Waals surface area contributed by atoms with Gasteiger partial charge in [-0.2, -0.15) is 13.2 Å². The zero-order chi connectivity index (χ0) is 15.5. The van der Waals surface area contributed by atoms with Gasteiger partial charge in [0.05, 0.1) is 5.52 Å². The van der Waals surface area contributed by atoms with Gasteiger partial charge in [-0.05, 0) is 25.0 Å². The van der Waals surface area contributed by atoms with Crippen molar-refractivity contribution in [3.63, 3.8) is 0 Å². The highest BCUT2D eigenvalue weighted by atomic mass is 35.5. The molecule has 21 heavy (non-hydrogen) atoms. The summed E-state index contributed by atoms with van der Waals surface area (Å²) in [7, 11) is 0. The van der Waals surface area contributed by atoms with Crippen LogP contribution in [0, 0.1) is 5.82 Å². The Morgan fingerprint density at radius 3 is 2.62 bits per heavy atom. The zero-order valence-corrected chi connectivity index (χ0v) is 12.0. The van der Waals surface area contributed by atoms with Crippen molar-refractivity contribution in [2.24, 2.45) is 0 Å². The molecule has 0 saturated heterocycles. The van der Waals surface area contributed by atoms with Gasteiger partial charge in [0.2, 0.25) is 0 Å². The van der Waals surface area contributed by atoms with E-state index < -0.39 is 18.4 Å². The quantitative estimate of drug-likeness (QED) is 0.428. The van der Waals surface area contributed by atoms with Crippen molar-refractivity contribution < 1.29 is 17.6 Å². The second kappa shape index (κ2) is 6.64. The molecule has 2 rings (SSSR count). The third-order valence-electron chi connectivity index (χ3n) is 3.22. The number of benzene rings is 1. The topological polar surface area (TPSA) is 17.8 Å². The molecule has 0 aliphatic carbocycles. The molecule has 0 amide bonds. The second-order valence-corrected chi connectivity index (χ2v) is 5.18. The number of para-hydroxylation sites is 1. The lowest BCUT2D eigenvalue weighted by Crippen LogP contribution is -2.09. The van der Waals surface area contributed by atoms with Crippen LogP contribution in [0.15, 0.2) is 18.2 Å². The predicted octanol–water partition coefficient (Wildman–Crippen LogP) is 4.69. The summed E-state index contributed by atoms with van der Waals surface area (Å²) in [5.41, 5.74) is 0.843. The standard InChI is InChI=1S/C14H15ClF4N2/c15-8-6-12-20-13-10(16)4-3-5-11(13)21(12)9-2-1-7-14(17,18)19/h3-5H,1-2,6-9H2. The van der Waals surface area contributed by atoms with E-state index >= 15 is 0 Å². The number of rotatable bonds is 6. The van der Waals surface area contributed by atoms with E-state index in [9.17, 15) is 17.6 Å². The molecular weight excluding hydrogens is 308 g/mol. The Morgan fingerprint density at radius 2 is 1.95 bits per heavy atom. The summed E-state index contributed by atoms with van der Waals surface area (Å²) < 4.78 is 51.9. The number of alkyl halides is 4. The van der Waals surface area contributed by atoms with Crippen LogP contribution in [0.4, 0.5) is 17.6 Å². The Bertz CT molecular complexity index is 607. The highest BCUT2D eigenvalue weighted by molar-refractivity contribution is 6.17. The third-order valence-corrected chi connectivity index (χ3v) is 3.41. The van der Waals surface area contributed by atoms with Gasteiger partial charge in [-0.15, -0.1) is 11.6 Å². The Labute approximate surface area is 124 Å². The molecule has 0 N–H and O–H groups in total. The minimum absolute atomic E-state index is 0.0405. The molecule has 7 heteroatoms. The molecule has 116 valence electrons. The molecule has 1 aromatic heterocycles. The lowest BCUT2D eigenvalue weighted by Gasteiger charge is -2.09. The molecule has 0 fully saturated rings. The van der Waals surface area contributed by atoms with Crippen molar-refractivity contribution in [2.75, 3.05) is 5.88 Å². The Kier molecular flexibility index (Phi) is 5.08. The van der Waals surface area contributed by atoms with E-state index in [1.165, 1.54) is 6.07 Å². The van der Waals surface area contributed by atoms with E-state index in [1.807, 2.05) is 0 Å². The van der Waals surface area contributed by atoms with Crippen molar-refractivity contribution in [1.29, 1.82) is 0 Å². The predicted molar refractivity (Wildman–Crippen MR) is 74.0 cm³/mol. The number of unbranched alkanes of at least 4 members (excludes halogenated alkanes) is 1. The Balaban J connectivity index is 2.17. The van der Waals surface area contributed by atoms with Crippen LogP contribution in [0.25, 0.3) is 11.0 Å². The van der Waals surface area contributed by atoms with Crippen LogP contribution in [0.5, 0.6) is 0 Å². The van der Waals surface area contributed by atoms with Crippen LogP contribution in [0.1, 0.15) is 25.1 Å². The number of aromatic nitrogens is 2. The number of imidazole rings is 1. The van der Waals surface area contributed by atoms with E-state index in [4.69, 9.17) is 11.6 Å². The molecular formula is C14H15ClF4N2. The number of aryl methyl sites for hydroxylation is 2. The first-order valence-electron chi connectivity index (χ1n) is 6.68. The summed E-state index contributed by atoms with van der Waals surface area (Å²) in [5, 5.41) is 0. The number of hydrogen-bond donors (Lipinski definition) is 0. The molecule has 0 spiro atoms. The second-order valence-electron chi connectivity index (χ2n) is 4.80. The molecule has 0 radical (unpaired) electrons. The minimum Gasteiger partial charge on any atom is -0.328 e. The van der Waals surface area contributed by atoms with Crippen LogP contribution in [-0.4, -0.2) is 21.6 Å². The van der Waals surface area contributed by atoms with E-state index in [0.29, 0.717) is 36.6 Å². The molecule has 0 unspecified atom stereocenters. The van der Waals surface area contributed by atoms with Gasteiger partial charge in [0.15, 0.2) is 5.82 Å². The summed E-state index contributed by atoms with van der Waals surface area (Å²) in [5.74, 6) is 0.502. The average Bonchev–Trinajstić information content (AvgIpc) is 2.74. The lowest BCUT2D eigenvalue weighted by atomic mass is 10.2. The highest BCUT2D eigenvalue weighted by Gasteiger charge is 2.26. The fraction of sp³-hybridized carbons (Fsp3) is 0.500. The number of fused-ring (bicyclic) bond motifs is 1. The van der Waals surface area contributed by atoms with Crippen LogP contribution < -0.4 is 0 Å². The smallest absolute Gasteiger partial charge is 0.328 e. The SMILES string of the molecule is Fc1cccc2c1nc(CCCl)n2CCCCC(F)(F)F. The monoisotopic (exact) mass is 322 g/mol. The Hall–Kier alpha value is -1.30. The highest BCUT2D eigenvalue weighted by Crippen LogP contribution is 2.24. The van der Waals surface area contributed by atoms with E-state index in [-0.39, 0.29) is 11.9 Å². The third kappa shape index (κ3) is 4.09. The van der Waals surface area contributed by atoms with Gasteiger partial charge in [0.1, 0.15) is 11.3 Å². The van der Waals surface area contributed by atoms with Crippen molar-refractivity contribution in [3.05, 3.63) is 29.8 Å². The minimum atomic E-state index is -4.14. The van der Waals surface area contributed by atoms with Crippen LogP contribution in [0.3, 0.4) is 0 Å². The largest absolute Gasteiger partial charge is 0.389 e. The van der Waals surface area contributed by atoms with Crippen molar-refractivity contribution in [2.45, 2.75) is 38.4 Å². The molecule has 1 aromatic carbocycles. The summed E-state index contributed by atoms with van der Waals surface area (Å²) in [6.45, 7) is 0.377. The maximum atomic E-state index is 13.7. The van der Waals surface area contributed by atoms with E-state index in [1.54, 1.807) is 16.7 Å². The summed E-state index contributed by atoms with van der Waals surface area (Å²) in [6, 6.07) is 4.59. The first-order valence-corrected chi connectivity index (χ1v) is 7.22. The maximum Gasteiger partial charge on any atom is 0.389 e. The molecule has 0 atom stereocenters. The molecule has 0 aliphatic rings. The lowest BCUT2D eigenvalue weighted by molar-refractivity contribution is -0.135. The maximum absolute atomic E-state index is 13.7. The van der Waals surface area contributed by atoms with E-state index in [0.717, 1.165) is 0 Å². The molecule has 1 heterocycles. The van der Waals surface area contributed by atoms with Crippen molar-refractivity contribution in [3.8, 4) is 0 Å². The van der Waals surface area contributed by atoms with E-state index in [2.05, 4.69) is 4.98 Å². The van der Waals surface area contributed by atoms with Gasteiger partial charge >= 0.3 is 6.18 Å². The molecule has 2 nitrogen and oxygen atoms in total. The summed E-state index contributed by atoms with van der Waals surface area (Å²) >= 11 is 5.70. The average molecular weight is 323 g/mol. The molecule has 2 aromatic rings. The van der Waals surface area contributed by atoms with Crippen LogP contribution >= 0.6 is 11.6 Å². The molecule has 0 bridgehead atoms. The van der Waals surface area contributed by atoms with Gasteiger partial charge in [0, 0.05) is 25.3 Å². The van der Waals surface area contributed by atoms with Gasteiger partial charge in [-0.3, -0.25) is 0 Å². The fourth-order valence-electron chi connectivity index (χ4n) is 2.28. The van der Waals surface area contributed by atoms with Gasteiger partial charge in [-0.25, -0.2) is 9.37 Å². The van der Waals surface area contributed by atoms with Gasteiger partial charge in [-0.1, -0.05) is 6.07 Å². The first kappa shape index (κ1) is 16.1. The number of nitrogens with zero attached hydrogens (tertiary/aromatic N) is 2. The van der Waals surface area contributed by atoms with Gasteiger partial charge in [0.25, 0.3) is 0 Å².